The number of nitrogens with one attached hydrogen (secondary N) is 1. The summed E-state index contributed by atoms with van der Waals surface area (Å²) in [6, 6.07) is 0.723. The molecule has 0 amide bonds. The van der Waals surface area contributed by atoms with E-state index in [0.717, 1.165) is 30.4 Å². The zero-order chi connectivity index (χ0) is 14.0. The molecule has 108 valence electrons. The summed E-state index contributed by atoms with van der Waals surface area (Å²) < 4.78 is 24.2. The van der Waals surface area contributed by atoms with Crippen LogP contribution in [0.3, 0.4) is 0 Å². The second kappa shape index (κ2) is 5.63. The predicted octanol–water partition coefficient (Wildman–Crippen LogP) is 0.839. The molecular formula is C13H23N3O2S. The van der Waals surface area contributed by atoms with Crippen molar-refractivity contribution >= 4 is 9.84 Å². The van der Waals surface area contributed by atoms with Crippen LogP contribution in [0.4, 0.5) is 0 Å². The van der Waals surface area contributed by atoms with Crippen molar-refractivity contribution in [2.75, 3.05) is 18.6 Å². The van der Waals surface area contributed by atoms with E-state index in [-0.39, 0.29) is 5.75 Å². The molecule has 1 heterocycles. The highest BCUT2D eigenvalue weighted by Crippen LogP contribution is 2.19. The maximum absolute atomic E-state index is 11.2. The summed E-state index contributed by atoms with van der Waals surface area (Å²) in [6.45, 7) is 5.44. The lowest BCUT2D eigenvalue weighted by Gasteiger charge is -2.05. The van der Waals surface area contributed by atoms with Crippen molar-refractivity contribution < 1.29 is 8.42 Å². The van der Waals surface area contributed by atoms with E-state index in [1.165, 1.54) is 24.7 Å². The molecule has 1 aromatic heterocycles. The molecule has 0 radical (unpaired) electrons. The minimum absolute atomic E-state index is 0.148. The molecule has 0 aliphatic heterocycles. The van der Waals surface area contributed by atoms with Gasteiger partial charge in [0, 0.05) is 18.0 Å². The molecule has 1 N–H and O–H groups in total. The molecule has 5 nitrogen and oxygen atoms in total. The Kier molecular flexibility index (Phi) is 4.30. The normalized spacial score (nSPS) is 15.9. The Morgan fingerprint density at radius 3 is 2.63 bits per heavy atom. The Balaban J connectivity index is 1.96. The average molecular weight is 285 g/mol. The lowest BCUT2D eigenvalue weighted by molar-refractivity contribution is 0.580. The van der Waals surface area contributed by atoms with Gasteiger partial charge in [0.05, 0.1) is 18.0 Å². The van der Waals surface area contributed by atoms with Gasteiger partial charge in [-0.25, -0.2) is 8.42 Å². The summed E-state index contributed by atoms with van der Waals surface area (Å²) in [4.78, 5) is 0. The standard InChI is InChI=1S/C13H23N3O2S/c1-10-13(6-7-14-12-4-5-12)11(2)16(15-10)8-9-19(3,17)18/h12,14H,4-9H2,1-3H3. The Bertz CT molecular complexity index is 544. The SMILES string of the molecule is Cc1nn(CCS(C)(=O)=O)c(C)c1CCNC1CC1. The summed E-state index contributed by atoms with van der Waals surface area (Å²) in [7, 11) is -2.94. The zero-order valence-corrected chi connectivity index (χ0v) is 12.8. The minimum atomic E-state index is -2.94. The van der Waals surface area contributed by atoms with Crippen LogP contribution in [0.15, 0.2) is 0 Å². The van der Waals surface area contributed by atoms with Gasteiger partial charge >= 0.3 is 0 Å². The van der Waals surface area contributed by atoms with Crippen LogP contribution in [0.1, 0.15) is 29.8 Å². The van der Waals surface area contributed by atoms with Gasteiger partial charge in [-0.1, -0.05) is 0 Å². The van der Waals surface area contributed by atoms with Crippen LogP contribution in [0, 0.1) is 13.8 Å². The quantitative estimate of drug-likeness (QED) is 0.806. The van der Waals surface area contributed by atoms with Gasteiger partial charge in [0.25, 0.3) is 0 Å². The molecule has 0 saturated heterocycles. The van der Waals surface area contributed by atoms with Crippen molar-refractivity contribution in [3.63, 3.8) is 0 Å². The van der Waals surface area contributed by atoms with E-state index >= 15 is 0 Å². The molecule has 1 aliphatic carbocycles. The summed E-state index contributed by atoms with van der Waals surface area (Å²) in [5.41, 5.74) is 3.36. The summed E-state index contributed by atoms with van der Waals surface area (Å²) in [6.07, 6.45) is 4.82. The molecule has 1 fully saturated rings. The van der Waals surface area contributed by atoms with E-state index in [1.807, 2.05) is 18.5 Å². The summed E-state index contributed by atoms with van der Waals surface area (Å²) in [5.74, 6) is 0.148. The lowest BCUT2D eigenvalue weighted by Crippen LogP contribution is -2.19. The molecule has 0 atom stereocenters. The van der Waals surface area contributed by atoms with Crippen LogP contribution in [0.25, 0.3) is 0 Å². The lowest BCUT2D eigenvalue weighted by atomic mass is 10.1. The molecule has 1 aliphatic rings. The van der Waals surface area contributed by atoms with Gasteiger partial charge in [0.2, 0.25) is 0 Å². The van der Waals surface area contributed by atoms with Crippen LogP contribution in [-0.2, 0) is 22.8 Å². The fraction of sp³-hybridized carbons (Fsp3) is 0.769. The Morgan fingerprint density at radius 2 is 2.05 bits per heavy atom. The monoisotopic (exact) mass is 285 g/mol. The number of rotatable bonds is 7. The van der Waals surface area contributed by atoms with E-state index in [1.54, 1.807) is 0 Å². The van der Waals surface area contributed by atoms with Gasteiger partial charge in [0.1, 0.15) is 9.84 Å². The molecule has 0 bridgehead atoms. The molecule has 19 heavy (non-hydrogen) atoms. The molecule has 0 unspecified atom stereocenters. The van der Waals surface area contributed by atoms with Crippen molar-refractivity contribution in [1.82, 2.24) is 15.1 Å². The van der Waals surface area contributed by atoms with E-state index in [2.05, 4.69) is 10.4 Å². The van der Waals surface area contributed by atoms with E-state index < -0.39 is 9.84 Å². The van der Waals surface area contributed by atoms with Crippen molar-refractivity contribution in [3.05, 3.63) is 17.0 Å². The smallest absolute Gasteiger partial charge is 0.149 e. The van der Waals surface area contributed by atoms with Crippen molar-refractivity contribution in [1.29, 1.82) is 0 Å². The van der Waals surface area contributed by atoms with Gasteiger partial charge in [-0.3, -0.25) is 4.68 Å². The van der Waals surface area contributed by atoms with Crippen molar-refractivity contribution in [2.45, 2.75) is 45.7 Å². The molecule has 1 saturated carbocycles. The maximum atomic E-state index is 11.2. The number of aromatic nitrogens is 2. The first-order valence-electron chi connectivity index (χ1n) is 6.81. The van der Waals surface area contributed by atoms with E-state index in [9.17, 15) is 8.42 Å². The highest BCUT2D eigenvalue weighted by atomic mass is 32.2. The van der Waals surface area contributed by atoms with Gasteiger partial charge in [0.15, 0.2) is 0 Å². The highest BCUT2D eigenvalue weighted by Gasteiger charge is 2.20. The number of hydrogen-bond acceptors (Lipinski definition) is 4. The first kappa shape index (κ1) is 14.5. The highest BCUT2D eigenvalue weighted by molar-refractivity contribution is 7.90. The Morgan fingerprint density at radius 1 is 1.37 bits per heavy atom. The third-order valence-electron chi connectivity index (χ3n) is 3.59. The molecule has 6 heteroatoms. The Hall–Kier alpha value is -0.880. The number of sulfone groups is 1. The van der Waals surface area contributed by atoms with Crippen LogP contribution in [0.2, 0.25) is 0 Å². The molecule has 0 spiro atoms. The van der Waals surface area contributed by atoms with Crippen molar-refractivity contribution in [2.24, 2.45) is 0 Å². The van der Waals surface area contributed by atoms with Crippen LogP contribution >= 0.6 is 0 Å². The number of aryl methyl sites for hydroxylation is 2. The average Bonchev–Trinajstić information content (AvgIpc) is 3.07. The third kappa shape index (κ3) is 4.31. The van der Waals surface area contributed by atoms with Crippen LogP contribution < -0.4 is 5.32 Å². The van der Waals surface area contributed by atoms with Gasteiger partial charge in [-0.2, -0.15) is 5.10 Å². The second-order valence-electron chi connectivity index (χ2n) is 5.48. The van der Waals surface area contributed by atoms with Crippen molar-refractivity contribution in [3.8, 4) is 0 Å². The summed E-state index contributed by atoms with van der Waals surface area (Å²) in [5, 5.41) is 7.94. The fourth-order valence-electron chi connectivity index (χ4n) is 2.25. The minimum Gasteiger partial charge on any atom is -0.314 e. The largest absolute Gasteiger partial charge is 0.314 e. The van der Waals surface area contributed by atoms with Crippen LogP contribution in [0.5, 0.6) is 0 Å². The second-order valence-corrected chi connectivity index (χ2v) is 7.74. The molecule has 0 aromatic carbocycles. The van der Waals surface area contributed by atoms with Gasteiger partial charge in [-0.05, 0) is 45.2 Å². The molecular weight excluding hydrogens is 262 g/mol. The number of hydrogen-bond donors (Lipinski definition) is 1. The van der Waals surface area contributed by atoms with Gasteiger partial charge < -0.3 is 5.32 Å². The maximum Gasteiger partial charge on any atom is 0.149 e. The predicted molar refractivity (Wildman–Crippen MR) is 76.1 cm³/mol. The first-order valence-corrected chi connectivity index (χ1v) is 8.87. The van der Waals surface area contributed by atoms with E-state index in [0.29, 0.717) is 6.54 Å². The Labute approximate surface area is 115 Å². The van der Waals surface area contributed by atoms with Gasteiger partial charge in [-0.15, -0.1) is 0 Å². The topological polar surface area (TPSA) is 64.0 Å². The van der Waals surface area contributed by atoms with Crippen LogP contribution in [-0.4, -0.2) is 42.8 Å². The fourth-order valence-corrected chi connectivity index (χ4v) is 2.76. The summed E-state index contributed by atoms with van der Waals surface area (Å²) >= 11 is 0. The molecule has 2 rings (SSSR count). The first-order chi connectivity index (χ1) is 8.87. The molecule has 1 aromatic rings. The number of nitrogens with zero attached hydrogens (tertiary/aromatic N) is 2. The third-order valence-corrected chi connectivity index (χ3v) is 4.51. The zero-order valence-electron chi connectivity index (χ0n) is 11.9. The van der Waals surface area contributed by atoms with E-state index in [4.69, 9.17) is 0 Å².